The molecule has 0 aromatic heterocycles. The highest BCUT2D eigenvalue weighted by Crippen LogP contribution is 2.30. The Morgan fingerprint density at radius 2 is 1.12 bits per heavy atom. The number of ether oxygens (including phenoxy) is 2. The number of carbonyl (C=O) groups is 2. The van der Waals surface area contributed by atoms with E-state index < -0.39 is 17.4 Å². The number of unbranched alkanes of at least 4 members (excludes halogenated alkanes) is 8. The quantitative estimate of drug-likeness (QED) is 0.131. The van der Waals surface area contributed by atoms with Crippen molar-refractivity contribution in [2.24, 2.45) is 5.41 Å². The molecule has 0 spiro atoms. The lowest BCUT2D eigenvalue weighted by Crippen LogP contribution is -2.41. The van der Waals surface area contributed by atoms with Crippen molar-refractivity contribution < 1.29 is 19.1 Å². The van der Waals surface area contributed by atoms with Crippen molar-refractivity contribution in [1.82, 2.24) is 0 Å². The number of esters is 2. The van der Waals surface area contributed by atoms with Gasteiger partial charge in [-0.1, -0.05) is 65.7 Å². The molecule has 26 heavy (non-hydrogen) atoms. The molecule has 4 nitrogen and oxygen atoms in total. The topological polar surface area (TPSA) is 52.6 Å². The van der Waals surface area contributed by atoms with E-state index in [2.05, 4.69) is 6.92 Å². The highest BCUT2D eigenvalue weighted by Gasteiger charge is 2.45. The minimum absolute atomic E-state index is 0.375. The summed E-state index contributed by atoms with van der Waals surface area (Å²) in [5.41, 5.74) is -1.15. The molecule has 5 heteroatoms. The predicted octanol–water partition coefficient (Wildman–Crippen LogP) is 6.04. The largest absolute Gasteiger partial charge is 0.465 e. The van der Waals surface area contributed by atoms with Crippen LogP contribution in [0.4, 0.5) is 0 Å². The van der Waals surface area contributed by atoms with Crippen LogP contribution in [0.3, 0.4) is 0 Å². The number of rotatable bonds is 17. The Hall–Kier alpha value is -0.770. The molecular formula is C21H39ClO4. The van der Waals surface area contributed by atoms with Crippen LogP contribution < -0.4 is 0 Å². The molecule has 0 bridgehead atoms. The van der Waals surface area contributed by atoms with Crippen molar-refractivity contribution >= 4 is 23.5 Å². The highest BCUT2D eigenvalue weighted by atomic mass is 35.5. The van der Waals surface area contributed by atoms with E-state index in [1.165, 1.54) is 6.42 Å². The fraction of sp³-hybridized carbons (Fsp3) is 0.905. The number of alkyl halides is 1. The third-order valence-electron chi connectivity index (χ3n) is 4.98. The van der Waals surface area contributed by atoms with Gasteiger partial charge in [0.15, 0.2) is 5.41 Å². The van der Waals surface area contributed by atoms with E-state index in [-0.39, 0.29) is 0 Å². The predicted molar refractivity (Wildman–Crippen MR) is 107 cm³/mol. The molecule has 0 N–H and O–H groups in total. The summed E-state index contributed by atoms with van der Waals surface area (Å²) in [4.78, 5) is 25.0. The fourth-order valence-electron chi connectivity index (χ4n) is 2.95. The molecule has 0 radical (unpaired) electrons. The second-order valence-corrected chi connectivity index (χ2v) is 7.31. The van der Waals surface area contributed by atoms with Crippen LogP contribution in [0.5, 0.6) is 0 Å². The summed E-state index contributed by atoms with van der Waals surface area (Å²) in [5.74, 6) is -0.129. The summed E-state index contributed by atoms with van der Waals surface area (Å²) in [6, 6.07) is 0. The fourth-order valence-corrected chi connectivity index (χ4v) is 3.14. The molecule has 0 amide bonds. The maximum Gasteiger partial charge on any atom is 0.323 e. The van der Waals surface area contributed by atoms with Crippen molar-refractivity contribution in [1.29, 1.82) is 0 Å². The molecule has 0 aromatic carbocycles. The Labute approximate surface area is 165 Å². The van der Waals surface area contributed by atoms with E-state index >= 15 is 0 Å². The Morgan fingerprint density at radius 3 is 1.54 bits per heavy atom. The van der Waals surface area contributed by atoms with E-state index in [4.69, 9.17) is 21.1 Å². The molecule has 0 rings (SSSR count). The van der Waals surface area contributed by atoms with E-state index in [0.717, 1.165) is 63.7 Å². The van der Waals surface area contributed by atoms with Crippen LogP contribution in [0.1, 0.15) is 97.8 Å². The SMILES string of the molecule is CCCCCCOC(=O)C(CC)(CC)C(=O)OCCCCCCCCCl. The Morgan fingerprint density at radius 1 is 0.692 bits per heavy atom. The van der Waals surface area contributed by atoms with Gasteiger partial charge in [0.2, 0.25) is 0 Å². The summed E-state index contributed by atoms with van der Waals surface area (Å²) < 4.78 is 10.8. The molecule has 0 unspecified atom stereocenters. The third kappa shape index (κ3) is 9.80. The molecule has 0 fully saturated rings. The van der Waals surface area contributed by atoms with E-state index in [9.17, 15) is 9.59 Å². The van der Waals surface area contributed by atoms with Gasteiger partial charge in [-0.05, 0) is 32.1 Å². The van der Waals surface area contributed by atoms with Gasteiger partial charge >= 0.3 is 11.9 Å². The second kappa shape index (κ2) is 16.4. The summed E-state index contributed by atoms with van der Waals surface area (Å²) in [5, 5.41) is 0. The number of halogens is 1. The standard InChI is InChI=1S/C21H39ClO4/c1-4-7-8-14-17-25-19(23)21(5-2,6-3)20(24)26-18-15-12-10-9-11-13-16-22/h4-18H2,1-3H3. The van der Waals surface area contributed by atoms with Crippen molar-refractivity contribution in [3.8, 4) is 0 Å². The lowest BCUT2D eigenvalue weighted by atomic mass is 9.82. The molecule has 0 saturated carbocycles. The van der Waals surface area contributed by atoms with Crippen molar-refractivity contribution in [2.45, 2.75) is 97.8 Å². The van der Waals surface area contributed by atoms with Gasteiger partial charge in [-0.2, -0.15) is 0 Å². The van der Waals surface area contributed by atoms with E-state index in [1.807, 2.05) is 13.8 Å². The second-order valence-electron chi connectivity index (χ2n) is 6.93. The maximum atomic E-state index is 12.5. The van der Waals surface area contributed by atoms with Crippen LogP contribution in [-0.2, 0) is 19.1 Å². The molecule has 0 atom stereocenters. The van der Waals surface area contributed by atoms with Gasteiger partial charge in [-0.3, -0.25) is 9.59 Å². The number of hydrogen-bond donors (Lipinski definition) is 0. The molecule has 0 saturated heterocycles. The Balaban J connectivity index is 4.21. The molecule has 0 aliphatic heterocycles. The van der Waals surface area contributed by atoms with Gasteiger partial charge in [-0.25, -0.2) is 0 Å². The van der Waals surface area contributed by atoms with Gasteiger partial charge in [-0.15, -0.1) is 11.6 Å². The average Bonchev–Trinajstić information content (AvgIpc) is 2.65. The summed E-state index contributed by atoms with van der Waals surface area (Å²) in [6.45, 7) is 6.59. The molecule has 154 valence electrons. The first kappa shape index (κ1) is 25.2. The molecule has 0 aliphatic carbocycles. The van der Waals surface area contributed by atoms with Gasteiger partial charge in [0.05, 0.1) is 13.2 Å². The van der Waals surface area contributed by atoms with Crippen LogP contribution >= 0.6 is 11.6 Å². The zero-order chi connectivity index (χ0) is 19.7. The zero-order valence-corrected chi connectivity index (χ0v) is 17.9. The zero-order valence-electron chi connectivity index (χ0n) is 17.1. The van der Waals surface area contributed by atoms with Crippen molar-refractivity contribution in [3.63, 3.8) is 0 Å². The summed E-state index contributed by atoms with van der Waals surface area (Å²) >= 11 is 5.65. The first-order valence-corrected chi connectivity index (χ1v) is 11.0. The smallest absolute Gasteiger partial charge is 0.323 e. The van der Waals surface area contributed by atoms with E-state index in [1.54, 1.807) is 0 Å². The van der Waals surface area contributed by atoms with Gasteiger partial charge in [0.1, 0.15) is 0 Å². The third-order valence-corrected chi connectivity index (χ3v) is 5.25. The Kier molecular flexibility index (Phi) is 15.9. The highest BCUT2D eigenvalue weighted by molar-refractivity contribution is 6.17. The average molecular weight is 391 g/mol. The summed E-state index contributed by atoms with van der Waals surface area (Å²) in [6.07, 6.45) is 11.4. The van der Waals surface area contributed by atoms with Crippen molar-refractivity contribution in [3.05, 3.63) is 0 Å². The van der Waals surface area contributed by atoms with Crippen molar-refractivity contribution in [2.75, 3.05) is 19.1 Å². The maximum absolute atomic E-state index is 12.5. The molecular weight excluding hydrogens is 352 g/mol. The minimum atomic E-state index is -1.15. The normalized spacial score (nSPS) is 11.4. The van der Waals surface area contributed by atoms with Gasteiger partial charge < -0.3 is 9.47 Å². The van der Waals surface area contributed by atoms with Gasteiger partial charge in [0.25, 0.3) is 0 Å². The minimum Gasteiger partial charge on any atom is -0.465 e. The van der Waals surface area contributed by atoms with Crippen LogP contribution in [0, 0.1) is 5.41 Å². The van der Waals surface area contributed by atoms with Crippen LogP contribution in [0.2, 0.25) is 0 Å². The Bertz CT molecular complexity index is 367. The first-order valence-electron chi connectivity index (χ1n) is 10.5. The molecule has 0 heterocycles. The monoisotopic (exact) mass is 390 g/mol. The molecule has 0 aromatic rings. The lowest BCUT2D eigenvalue weighted by molar-refractivity contribution is -0.173. The number of hydrogen-bond acceptors (Lipinski definition) is 4. The van der Waals surface area contributed by atoms with Gasteiger partial charge in [0, 0.05) is 5.88 Å². The first-order chi connectivity index (χ1) is 12.6. The van der Waals surface area contributed by atoms with Crippen LogP contribution in [-0.4, -0.2) is 31.0 Å². The van der Waals surface area contributed by atoms with E-state index in [0.29, 0.717) is 26.1 Å². The van der Waals surface area contributed by atoms with Crippen LogP contribution in [0.25, 0.3) is 0 Å². The number of carbonyl (C=O) groups excluding carboxylic acids is 2. The lowest BCUT2D eigenvalue weighted by Gasteiger charge is -2.27. The van der Waals surface area contributed by atoms with Crippen LogP contribution in [0.15, 0.2) is 0 Å². The molecule has 0 aliphatic rings. The summed E-state index contributed by atoms with van der Waals surface area (Å²) in [7, 11) is 0.